The second-order valence-corrected chi connectivity index (χ2v) is 5.75. The van der Waals surface area contributed by atoms with Crippen molar-refractivity contribution in [3.63, 3.8) is 0 Å². The van der Waals surface area contributed by atoms with Crippen LogP contribution in [0.15, 0.2) is 48.7 Å². The van der Waals surface area contributed by atoms with Gasteiger partial charge in [-0.3, -0.25) is 4.79 Å². The maximum Gasteiger partial charge on any atom is 0.219 e. The predicted molar refractivity (Wildman–Crippen MR) is 94.7 cm³/mol. The van der Waals surface area contributed by atoms with Crippen molar-refractivity contribution in [2.75, 3.05) is 6.54 Å². The molecule has 0 saturated heterocycles. The van der Waals surface area contributed by atoms with Crippen LogP contribution in [-0.2, 0) is 17.8 Å². The van der Waals surface area contributed by atoms with Crippen molar-refractivity contribution >= 4 is 17.1 Å². The van der Waals surface area contributed by atoms with E-state index in [1.165, 1.54) is 5.56 Å². The fourth-order valence-electron chi connectivity index (χ4n) is 2.82. The summed E-state index contributed by atoms with van der Waals surface area (Å²) in [6.07, 6.45) is 3.87. The second-order valence-electron chi connectivity index (χ2n) is 5.75. The van der Waals surface area contributed by atoms with Gasteiger partial charge in [-0.15, -0.1) is 0 Å². The molecule has 0 aliphatic carbocycles. The number of nitrogens with zero attached hydrogens (tertiary/aromatic N) is 3. The zero-order valence-corrected chi connectivity index (χ0v) is 13.9. The van der Waals surface area contributed by atoms with E-state index in [4.69, 9.17) is 4.98 Å². The van der Waals surface area contributed by atoms with Crippen molar-refractivity contribution in [3.8, 4) is 0 Å². The van der Waals surface area contributed by atoms with Gasteiger partial charge in [0.15, 0.2) is 5.65 Å². The van der Waals surface area contributed by atoms with Gasteiger partial charge in [-0.2, -0.15) is 0 Å². The molecule has 1 amide bonds. The highest BCUT2D eigenvalue weighted by molar-refractivity contribution is 5.75. The average Bonchev–Trinajstić information content (AvgIpc) is 2.94. The predicted octanol–water partition coefficient (Wildman–Crippen LogP) is 2.94. The smallest absolute Gasteiger partial charge is 0.219 e. The Morgan fingerprint density at radius 3 is 2.79 bits per heavy atom. The Labute approximate surface area is 141 Å². The van der Waals surface area contributed by atoms with Crippen LogP contribution in [0, 0.1) is 0 Å². The summed E-state index contributed by atoms with van der Waals surface area (Å²) < 4.78 is 2.16. The van der Waals surface area contributed by atoms with Gasteiger partial charge >= 0.3 is 0 Å². The summed E-state index contributed by atoms with van der Waals surface area (Å²) in [4.78, 5) is 20.8. The SMILES string of the molecule is CCNC(=O)CCCc1nc2cccnc2n1Cc1ccccc1. The Morgan fingerprint density at radius 2 is 2.00 bits per heavy atom. The minimum atomic E-state index is 0.0985. The highest BCUT2D eigenvalue weighted by Gasteiger charge is 2.12. The molecule has 3 rings (SSSR count). The second kappa shape index (κ2) is 7.73. The van der Waals surface area contributed by atoms with Gasteiger partial charge in [0.25, 0.3) is 0 Å². The number of rotatable bonds is 7. The fraction of sp³-hybridized carbons (Fsp3) is 0.316. The van der Waals surface area contributed by atoms with E-state index >= 15 is 0 Å². The number of carbonyl (C=O) groups is 1. The fourth-order valence-corrected chi connectivity index (χ4v) is 2.82. The maximum atomic E-state index is 11.6. The molecule has 0 unspecified atom stereocenters. The molecule has 0 atom stereocenters. The highest BCUT2D eigenvalue weighted by Crippen LogP contribution is 2.17. The standard InChI is InChI=1S/C19H22N4O/c1-2-20-18(24)12-6-11-17-22-16-10-7-13-21-19(16)23(17)14-15-8-4-3-5-9-15/h3-5,7-10,13H,2,6,11-12,14H2,1H3,(H,20,24). The van der Waals surface area contributed by atoms with Crippen LogP contribution in [0.2, 0.25) is 0 Å². The normalized spacial score (nSPS) is 10.9. The Hall–Kier alpha value is -2.69. The molecule has 2 aromatic heterocycles. The van der Waals surface area contributed by atoms with Gasteiger partial charge in [-0.1, -0.05) is 30.3 Å². The number of hydrogen-bond donors (Lipinski definition) is 1. The third kappa shape index (κ3) is 3.79. The number of benzene rings is 1. The first kappa shape index (κ1) is 16.2. The van der Waals surface area contributed by atoms with Crippen molar-refractivity contribution in [2.45, 2.75) is 32.7 Å². The Kier molecular flexibility index (Phi) is 5.21. The third-order valence-corrected chi connectivity index (χ3v) is 3.94. The van der Waals surface area contributed by atoms with E-state index in [1.54, 1.807) is 6.20 Å². The van der Waals surface area contributed by atoms with Crippen LogP contribution < -0.4 is 5.32 Å². The first-order valence-corrected chi connectivity index (χ1v) is 8.38. The number of fused-ring (bicyclic) bond motifs is 1. The molecule has 0 saturated carbocycles. The Bertz CT molecular complexity index is 811. The first-order valence-electron chi connectivity index (χ1n) is 8.38. The van der Waals surface area contributed by atoms with Crippen LogP contribution in [0.4, 0.5) is 0 Å². The van der Waals surface area contributed by atoms with Gasteiger partial charge in [0, 0.05) is 25.6 Å². The molecule has 0 fully saturated rings. The molecule has 0 aliphatic heterocycles. The summed E-state index contributed by atoms with van der Waals surface area (Å²) >= 11 is 0. The summed E-state index contributed by atoms with van der Waals surface area (Å²) in [5.41, 5.74) is 3.02. The van der Waals surface area contributed by atoms with Gasteiger partial charge in [-0.25, -0.2) is 9.97 Å². The lowest BCUT2D eigenvalue weighted by Crippen LogP contribution is -2.22. The molecule has 0 bridgehead atoms. The van der Waals surface area contributed by atoms with Gasteiger partial charge < -0.3 is 9.88 Å². The van der Waals surface area contributed by atoms with Gasteiger partial charge in [-0.05, 0) is 31.0 Å². The molecule has 5 heteroatoms. The number of carbonyl (C=O) groups excluding carboxylic acids is 1. The molecule has 5 nitrogen and oxygen atoms in total. The molecule has 0 radical (unpaired) electrons. The summed E-state index contributed by atoms with van der Waals surface area (Å²) in [6.45, 7) is 3.35. The molecule has 1 aromatic carbocycles. The zero-order valence-electron chi connectivity index (χ0n) is 13.9. The maximum absolute atomic E-state index is 11.6. The zero-order chi connectivity index (χ0) is 16.8. The number of amides is 1. The summed E-state index contributed by atoms with van der Waals surface area (Å²) in [5.74, 6) is 1.08. The lowest BCUT2D eigenvalue weighted by atomic mass is 10.2. The van der Waals surface area contributed by atoms with Crippen LogP contribution in [0.5, 0.6) is 0 Å². The summed E-state index contributed by atoms with van der Waals surface area (Å²) in [6, 6.07) is 14.2. The number of pyridine rings is 1. The summed E-state index contributed by atoms with van der Waals surface area (Å²) in [7, 11) is 0. The van der Waals surface area contributed by atoms with Crippen LogP contribution in [-0.4, -0.2) is 27.0 Å². The Balaban J connectivity index is 1.81. The van der Waals surface area contributed by atoms with E-state index in [9.17, 15) is 4.79 Å². The topological polar surface area (TPSA) is 59.8 Å². The lowest BCUT2D eigenvalue weighted by Gasteiger charge is -2.09. The number of aryl methyl sites for hydroxylation is 1. The molecule has 1 N–H and O–H groups in total. The minimum absolute atomic E-state index is 0.0985. The van der Waals surface area contributed by atoms with Crippen molar-refractivity contribution in [2.24, 2.45) is 0 Å². The van der Waals surface area contributed by atoms with E-state index in [2.05, 4.69) is 27.0 Å². The molecule has 0 spiro atoms. The van der Waals surface area contributed by atoms with E-state index in [-0.39, 0.29) is 5.91 Å². The number of hydrogen-bond acceptors (Lipinski definition) is 3. The minimum Gasteiger partial charge on any atom is -0.356 e. The van der Waals surface area contributed by atoms with E-state index in [0.717, 1.165) is 36.4 Å². The van der Waals surface area contributed by atoms with Crippen LogP contribution in [0.1, 0.15) is 31.2 Å². The van der Waals surface area contributed by atoms with Crippen molar-refractivity contribution in [1.29, 1.82) is 0 Å². The Morgan fingerprint density at radius 1 is 1.17 bits per heavy atom. The summed E-state index contributed by atoms with van der Waals surface area (Å²) in [5, 5.41) is 2.83. The molecular weight excluding hydrogens is 300 g/mol. The molecule has 24 heavy (non-hydrogen) atoms. The van der Waals surface area contributed by atoms with Crippen LogP contribution in [0.25, 0.3) is 11.2 Å². The average molecular weight is 322 g/mol. The van der Waals surface area contributed by atoms with E-state index in [0.29, 0.717) is 13.0 Å². The van der Waals surface area contributed by atoms with Crippen molar-refractivity contribution < 1.29 is 4.79 Å². The molecule has 3 aromatic rings. The molecule has 0 aliphatic rings. The van der Waals surface area contributed by atoms with Gasteiger partial charge in [0.05, 0.1) is 6.54 Å². The van der Waals surface area contributed by atoms with E-state index < -0.39 is 0 Å². The molecule has 2 heterocycles. The largest absolute Gasteiger partial charge is 0.356 e. The van der Waals surface area contributed by atoms with Crippen LogP contribution in [0.3, 0.4) is 0 Å². The van der Waals surface area contributed by atoms with Crippen molar-refractivity contribution in [3.05, 3.63) is 60.0 Å². The molecular formula is C19H22N4O. The van der Waals surface area contributed by atoms with E-state index in [1.807, 2.05) is 37.3 Å². The number of nitrogens with one attached hydrogen (secondary N) is 1. The van der Waals surface area contributed by atoms with Crippen molar-refractivity contribution in [1.82, 2.24) is 19.9 Å². The number of aromatic nitrogens is 3. The molecule has 124 valence electrons. The highest BCUT2D eigenvalue weighted by atomic mass is 16.1. The van der Waals surface area contributed by atoms with Crippen LogP contribution >= 0.6 is 0 Å². The number of imidazole rings is 1. The lowest BCUT2D eigenvalue weighted by molar-refractivity contribution is -0.121. The quantitative estimate of drug-likeness (QED) is 0.727. The monoisotopic (exact) mass is 322 g/mol. The van der Waals surface area contributed by atoms with Gasteiger partial charge in [0.2, 0.25) is 5.91 Å². The first-order chi connectivity index (χ1) is 11.8. The third-order valence-electron chi connectivity index (χ3n) is 3.94. The van der Waals surface area contributed by atoms with Gasteiger partial charge in [0.1, 0.15) is 11.3 Å².